The van der Waals surface area contributed by atoms with Crippen molar-refractivity contribution in [3.05, 3.63) is 16.1 Å². The van der Waals surface area contributed by atoms with Gasteiger partial charge in [-0.3, -0.25) is 0 Å². The Bertz CT molecular complexity index is 454. The standard InChI is InChI=1S/C12H22N2O2S2/c1-4-7-13-11(6-5-8-18(3,15)16)12-9-17-10(2)14-12/h9,11,13H,4-8H2,1-3H3. The second kappa shape index (κ2) is 7.21. The normalized spacial score (nSPS) is 13.7. The predicted octanol–water partition coefficient (Wildman–Crippen LogP) is 2.32. The summed E-state index contributed by atoms with van der Waals surface area (Å²) >= 11 is 1.64. The van der Waals surface area contributed by atoms with Crippen LogP contribution in [0.3, 0.4) is 0 Å². The summed E-state index contributed by atoms with van der Waals surface area (Å²) in [5.74, 6) is 0.250. The molecule has 0 radical (unpaired) electrons. The molecular formula is C12H22N2O2S2. The smallest absolute Gasteiger partial charge is 0.147 e. The molecule has 104 valence electrons. The summed E-state index contributed by atoms with van der Waals surface area (Å²) in [6, 6.07) is 0.177. The minimum Gasteiger partial charge on any atom is -0.309 e. The molecule has 18 heavy (non-hydrogen) atoms. The SMILES string of the molecule is CCCNC(CCCS(C)(=O)=O)c1csc(C)n1. The fourth-order valence-corrected chi connectivity index (χ4v) is 3.12. The van der Waals surface area contributed by atoms with Crippen LogP contribution in [0.15, 0.2) is 5.38 Å². The molecule has 6 heteroatoms. The van der Waals surface area contributed by atoms with Crippen molar-refractivity contribution >= 4 is 21.2 Å². The molecule has 0 spiro atoms. The van der Waals surface area contributed by atoms with Gasteiger partial charge in [0.15, 0.2) is 0 Å². The monoisotopic (exact) mass is 290 g/mol. The van der Waals surface area contributed by atoms with Crippen LogP contribution in [0.4, 0.5) is 0 Å². The Morgan fingerprint density at radius 2 is 2.22 bits per heavy atom. The maximum absolute atomic E-state index is 11.1. The highest BCUT2D eigenvalue weighted by Gasteiger charge is 2.14. The number of hydrogen-bond donors (Lipinski definition) is 1. The number of hydrogen-bond acceptors (Lipinski definition) is 5. The van der Waals surface area contributed by atoms with E-state index in [0.717, 1.165) is 30.1 Å². The van der Waals surface area contributed by atoms with Gasteiger partial charge < -0.3 is 5.32 Å². The molecule has 4 nitrogen and oxygen atoms in total. The van der Waals surface area contributed by atoms with Gasteiger partial charge in [-0.2, -0.15) is 0 Å². The van der Waals surface area contributed by atoms with Crippen LogP contribution in [0.2, 0.25) is 0 Å². The van der Waals surface area contributed by atoms with Gasteiger partial charge in [-0.25, -0.2) is 13.4 Å². The number of nitrogens with zero attached hydrogens (tertiary/aromatic N) is 1. The number of thiazole rings is 1. The minimum atomic E-state index is -2.86. The molecule has 0 fully saturated rings. The van der Waals surface area contributed by atoms with Crippen molar-refractivity contribution in [2.24, 2.45) is 0 Å². The average Bonchev–Trinajstić information content (AvgIpc) is 2.68. The molecule has 1 aromatic rings. The first-order valence-corrected chi connectivity index (χ1v) is 9.19. The van der Waals surface area contributed by atoms with Crippen LogP contribution in [0.5, 0.6) is 0 Å². The molecule has 1 N–H and O–H groups in total. The van der Waals surface area contributed by atoms with E-state index in [0.29, 0.717) is 6.42 Å². The molecule has 0 saturated carbocycles. The van der Waals surface area contributed by atoms with Gasteiger partial charge >= 0.3 is 0 Å². The predicted molar refractivity (Wildman–Crippen MR) is 76.8 cm³/mol. The minimum absolute atomic E-state index is 0.177. The molecule has 0 bridgehead atoms. The van der Waals surface area contributed by atoms with E-state index < -0.39 is 9.84 Å². The summed E-state index contributed by atoms with van der Waals surface area (Å²) in [7, 11) is -2.86. The lowest BCUT2D eigenvalue weighted by atomic mass is 10.1. The Hall–Kier alpha value is -0.460. The molecule has 0 aliphatic carbocycles. The Balaban J connectivity index is 2.56. The van der Waals surface area contributed by atoms with Crippen LogP contribution in [0, 0.1) is 6.92 Å². The molecule has 0 aliphatic heterocycles. The summed E-state index contributed by atoms with van der Waals surface area (Å²) in [4.78, 5) is 4.49. The van der Waals surface area contributed by atoms with Crippen molar-refractivity contribution in [1.82, 2.24) is 10.3 Å². The molecule has 1 atom stereocenters. The van der Waals surface area contributed by atoms with Crippen molar-refractivity contribution in [3.63, 3.8) is 0 Å². The van der Waals surface area contributed by atoms with Crippen LogP contribution < -0.4 is 5.32 Å². The summed E-state index contributed by atoms with van der Waals surface area (Å²) < 4.78 is 22.3. The molecule has 0 amide bonds. The van der Waals surface area contributed by atoms with E-state index in [1.54, 1.807) is 11.3 Å². The van der Waals surface area contributed by atoms with Crippen LogP contribution in [-0.4, -0.2) is 32.0 Å². The zero-order valence-corrected chi connectivity index (χ0v) is 12.9. The van der Waals surface area contributed by atoms with E-state index in [4.69, 9.17) is 0 Å². The summed E-state index contributed by atoms with van der Waals surface area (Å²) in [6.45, 7) is 5.04. The number of aryl methyl sites for hydroxylation is 1. The Kier molecular flexibility index (Phi) is 6.25. The second-order valence-electron chi connectivity index (χ2n) is 4.57. The van der Waals surface area contributed by atoms with Gasteiger partial charge in [0.05, 0.1) is 16.7 Å². The van der Waals surface area contributed by atoms with Gasteiger partial charge in [0.2, 0.25) is 0 Å². The highest BCUT2D eigenvalue weighted by Crippen LogP contribution is 2.21. The Morgan fingerprint density at radius 1 is 1.50 bits per heavy atom. The van der Waals surface area contributed by atoms with Gasteiger partial charge in [0.25, 0.3) is 0 Å². The van der Waals surface area contributed by atoms with Gasteiger partial charge in [-0.05, 0) is 32.7 Å². The molecule has 0 aromatic carbocycles. The number of nitrogens with one attached hydrogen (secondary N) is 1. The lowest BCUT2D eigenvalue weighted by molar-refractivity contribution is 0.484. The summed E-state index contributed by atoms with van der Waals surface area (Å²) in [6.07, 6.45) is 3.84. The first-order chi connectivity index (χ1) is 8.42. The van der Waals surface area contributed by atoms with Gasteiger partial charge in [-0.15, -0.1) is 11.3 Å². The third-order valence-electron chi connectivity index (χ3n) is 2.64. The number of rotatable bonds is 8. The van der Waals surface area contributed by atoms with E-state index >= 15 is 0 Å². The van der Waals surface area contributed by atoms with Crippen LogP contribution in [0.25, 0.3) is 0 Å². The van der Waals surface area contributed by atoms with E-state index in [-0.39, 0.29) is 11.8 Å². The second-order valence-corrected chi connectivity index (χ2v) is 7.89. The first kappa shape index (κ1) is 15.6. The number of aromatic nitrogens is 1. The quantitative estimate of drug-likeness (QED) is 0.798. The lowest BCUT2D eigenvalue weighted by Crippen LogP contribution is -2.23. The largest absolute Gasteiger partial charge is 0.309 e. The fourth-order valence-electron chi connectivity index (χ4n) is 1.76. The first-order valence-electron chi connectivity index (χ1n) is 6.25. The molecule has 1 unspecified atom stereocenters. The summed E-state index contributed by atoms with van der Waals surface area (Å²) in [5.41, 5.74) is 1.04. The fraction of sp³-hybridized carbons (Fsp3) is 0.750. The third kappa shape index (κ3) is 5.93. The van der Waals surface area contributed by atoms with Gasteiger partial charge in [0, 0.05) is 17.4 Å². The highest BCUT2D eigenvalue weighted by atomic mass is 32.2. The van der Waals surface area contributed by atoms with Crippen molar-refractivity contribution in [3.8, 4) is 0 Å². The van der Waals surface area contributed by atoms with Crippen LogP contribution in [0.1, 0.15) is 42.9 Å². The zero-order valence-electron chi connectivity index (χ0n) is 11.3. The van der Waals surface area contributed by atoms with Crippen molar-refractivity contribution in [2.75, 3.05) is 18.6 Å². The third-order valence-corrected chi connectivity index (χ3v) is 4.46. The molecular weight excluding hydrogens is 268 g/mol. The Labute approximate surface area is 114 Å². The highest BCUT2D eigenvalue weighted by molar-refractivity contribution is 7.90. The van der Waals surface area contributed by atoms with E-state index in [1.165, 1.54) is 6.26 Å². The molecule has 0 aliphatic rings. The van der Waals surface area contributed by atoms with E-state index in [2.05, 4.69) is 22.6 Å². The molecule has 1 rings (SSSR count). The van der Waals surface area contributed by atoms with Crippen LogP contribution >= 0.6 is 11.3 Å². The lowest BCUT2D eigenvalue weighted by Gasteiger charge is -2.16. The van der Waals surface area contributed by atoms with Gasteiger partial charge in [-0.1, -0.05) is 6.92 Å². The van der Waals surface area contributed by atoms with Crippen molar-refractivity contribution in [2.45, 2.75) is 39.2 Å². The van der Waals surface area contributed by atoms with Gasteiger partial charge in [0.1, 0.15) is 9.84 Å². The van der Waals surface area contributed by atoms with Crippen LogP contribution in [-0.2, 0) is 9.84 Å². The number of sulfone groups is 1. The molecule has 1 aromatic heterocycles. The Morgan fingerprint density at radius 3 is 2.72 bits per heavy atom. The summed E-state index contributed by atoms with van der Waals surface area (Å²) in [5, 5.41) is 6.55. The van der Waals surface area contributed by atoms with E-state index in [1.807, 2.05) is 6.92 Å². The van der Waals surface area contributed by atoms with Crippen molar-refractivity contribution in [1.29, 1.82) is 0 Å². The van der Waals surface area contributed by atoms with E-state index in [9.17, 15) is 8.42 Å². The zero-order chi connectivity index (χ0) is 13.6. The average molecular weight is 290 g/mol. The maximum Gasteiger partial charge on any atom is 0.147 e. The molecule has 1 heterocycles. The van der Waals surface area contributed by atoms with Crippen molar-refractivity contribution < 1.29 is 8.42 Å². The topological polar surface area (TPSA) is 59.1 Å². The maximum atomic E-state index is 11.1. The molecule has 0 saturated heterocycles.